The summed E-state index contributed by atoms with van der Waals surface area (Å²) in [5.74, 6) is -3.76. The van der Waals surface area contributed by atoms with Crippen LogP contribution in [0, 0.1) is 33.6 Å². The molecule has 4 atom stereocenters. The van der Waals surface area contributed by atoms with Gasteiger partial charge in [-0.3, -0.25) is 14.4 Å². The molecule has 3 heterocycles. The number of nitrogens with zero attached hydrogens (tertiary/aromatic N) is 3. The number of carbonyl (C=O) groups excluding carboxylic acids is 3. The molecule has 0 fully saturated rings. The molecule has 0 aliphatic rings. The van der Waals surface area contributed by atoms with Gasteiger partial charge in [-0.25, -0.2) is 24.1 Å². The fraction of sp³-hybridized carbons (Fsp3) is 0.304. The first-order chi connectivity index (χ1) is 33.4. The number of fused-ring (bicyclic) bond motifs is 1. The van der Waals surface area contributed by atoms with Crippen molar-refractivity contribution in [3.8, 4) is 17.2 Å². The van der Waals surface area contributed by atoms with Crippen molar-refractivity contribution in [3.63, 3.8) is 0 Å². The number of ether oxygens (including phenoxy) is 4. The highest BCUT2D eigenvalue weighted by Crippen LogP contribution is 2.34. The molecule has 7 rings (SSSR count). The molecule has 0 aliphatic heterocycles. The topological polar surface area (TPSA) is 186 Å². The molecule has 1 N–H and O–H groups in total. The smallest absolute Gasteiger partial charge is 0.423 e. The van der Waals surface area contributed by atoms with Crippen LogP contribution in [0.5, 0.6) is 17.2 Å². The van der Waals surface area contributed by atoms with Crippen LogP contribution in [0.25, 0.3) is 11.1 Å². The molecule has 364 valence electrons. The van der Waals surface area contributed by atoms with Gasteiger partial charge in [0.05, 0.1) is 20.1 Å². The number of aryl methyl sites for hydroxylation is 4. The Bertz CT molecular complexity index is 2960. The Kier molecular flexibility index (Phi) is 16.9. The lowest BCUT2D eigenvalue weighted by Crippen LogP contribution is -2.40. The highest BCUT2D eigenvalue weighted by molar-refractivity contribution is 5.99. The number of aromatic hydroxyl groups is 1. The number of esters is 2. The standard InChI is InChI=1S/C28H28N2O6.C28H31NO5/c1-16-6-10-20(11-7-16)23(21-12-8-17(2)9-13-21)19(4)35-27(32)18(3)30-26(31)24-25(36-28(30)33)22(34-5)14-15-29-24;1-17-6-10-21(11-7-17)25(22-12-8-18(2)9-13-22)20(4)34-28(32)19(3)16-23(30)26-27(31)24(33-5)14-15-29-26/h6-15,18-19,23H,1-5H3;6-15,19-20,25,31H,16H2,1-5H3/t18-,19-;19-,20+/m01/s1. The van der Waals surface area contributed by atoms with E-state index in [-0.39, 0.29) is 52.3 Å². The van der Waals surface area contributed by atoms with Crippen molar-refractivity contribution >= 4 is 28.8 Å². The van der Waals surface area contributed by atoms with E-state index >= 15 is 0 Å². The lowest BCUT2D eigenvalue weighted by atomic mass is 9.86. The van der Waals surface area contributed by atoms with Crippen LogP contribution >= 0.6 is 0 Å². The number of ketones is 1. The van der Waals surface area contributed by atoms with Crippen molar-refractivity contribution in [2.75, 3.05) is 14.2 Å². The summed E-state index contributed by atoms with van der Waals surface area (Å²) in [6.45, 7) is 14.8. The van der Waals surface area contributed by atoms with Crippen LogP contribution in [-0.4, -0.2) is 63.8 Å². The second kappa shape index (κ2) is 23.0. The van der Waals surface area contributed by atoms with E-state index in [9.17, 15) is 29.1 Å². The third-order valence-corrected chi connectivity index (χ3v) is 12.2. The van der Waals surface area contributed by atoms with E-state index in [0.29, 0.717) is 0 Å². The van der Waals surface area contributed by atoms with Gasteiger partial charge in [-0.1, -0.05) is 126 Å². The largest absolute Gasteiger partial charge is 0.503 e. The molecule has 0 unspecified atom stereocenters. The molecule has 14 heteroatoms. The van der Waals surface area contributed by atoms with Gasteiger partial charge in [0.1, 0.15) is 18.2 Å². The average molecular weight is 950 g/mol. The quantitative estimate of drug-likeness (QED) is 0.0713. The molecular formula is C56H59N3O11. The summed E-state index contributed by atoms with van der Waals surface area (Å²) < 4.78 is 27.9. The first-order valence-corrected chi connectivity index (χ1v) is 22.9. The van der Waals surface area contributed by atoms with Crippen LogP contribution < -0.4 is 20.8 Å². The molecule has 4 aromatic carbocycles. The van der Waals surface area contributed by atoms with Crippen molar-refractivity contribution < 1.29 is 42.9 Å². The Hall–Kier alpha value is -7.87. The minimum atomic E-state index is -1.23. The molecule has 0 radical (unpaired) electrons. The van der Waals surface area contributed by atoms with Crippen molar-refractivity contribution in [1.29, 1.82) is 0 Å². The summed E-state index contributed by atoms with van der Waals surface area (Å²) >= 11 is 0. The predicted molar refractivity (Wildman–Crippen MR) is 266 cm³/mol. The molecule has 3 aromatic heterocycles. The fourth-order valence-corrected chi connectivity index (χ4v) is 8.16. The van der Waals surface area contributed by atoms with Gasteiger partial charge in [-0.15, -0.1) is 0 Å². The summed E-state index contributed by atoms with van der Waals surface area (Å²) in [4.78, 5) is 72.5. The van der Waals surface area contributed by atoms with Gasteiger partial charge in [0.25, 0.3) is 5.56 Å². The Morgan fingerprint density at radius 3 is 1.41 bits per heavy atom. The zero-order valence-corrected chi connectivity index (χ0v) is 41.1. The van der Waals surface area contributed by atoms with E-state index in [1.165, 1.54) is 45.7 Å². The van der Waals surface area contributed by atoms with E-state index in [0.717, 1.165) is 49.1 Å². The van der Waals surface area contributed by atoms with Gasteiger partial charge >= 0.3 is 17.7 Å². The van der Waals surface area contributed by atoms with Crippen molar-refractivity contribution in [2.24, 2.45) is 5.92 Å². The number of Topliss-reactive ketones (excluding diaryl/α,β-unsaturated/α-hetero) is 1. The van der Waals surface area contributed by atoms with Crippen molar-refractivity contribution in [3.05, 3.63) is 193 Å². The molecule has 0 saturated carbocycles. The van der Waals surface area contributed by atoms with E-state index in [1.54, 1.807) is 13.8 Å². The zero-order valence-electron chi connectivity index (χ0n) is 41.1. The lowest BCUT2D eigenvalue weighted by molar-refractivity contribution is -0.153. The summed E-state index contributed by atoms with van der Waals surface area (Å²) in [7, 11) is 2.78. The maximum Gasteiger partial charge on any atom is 0.423 e. The summed E-state index contributed by atoms with van der Waals surface area (Å²) in [6, 6.07) is 34.1. The third kappa shape index (κ3) is 12.0. The molecule has 7 aromatic rings. The molecule has 0 bridgehead atoms. The predicted octanol–water partition coefficient (Wildman–Crippen LogP) is 9.69. The van der Waals surface area contributed by atoms with Gasteiger partial charge in [0, 0.05) is 42.8 Å². The monoisotopic (exact) mass is 949 g/mol. The van der Waals surface area contributed by atoms with Gasteiger partial charge in [0.2, 0.25) is 5.58 Å². The van der Waals surface area contributed by atoms with E-state index in [2.05, 4.69) is 9.97 Å². The zero-order chi connectivity index (χ0) is 50.8. The Labute approximate surface area is 406 Å². The second-order valence-corrected chi connectivity index (χ2v) is 17.5. The summed E-state index contributed by atoms with van der Waals surface area (Å²) in [5, 5.41) is 10.2. The number of pyridine rings is 2. The maximum atomic E-state index is 13.2. The normalized spacial score (nSPS) is 12.9. The second-order valence-electron chi connectivity index (χ2n) is 17.5. The summed E-state index contributed by atoms with van der Waals surface area (Å²) in [6.07, 6.45) is 1.56. The molecule has 0 spiro atoms. The van der Waals surface area contributed by atoms with Crippen LogP contribution in [0.15, 0.2) is 136 Å². The van der Waals surface area contributed by atoms with Crippen LogP contribution in [0.2, 0.25) is 0 Å². The first-order valence-electron chi connectivity index (χ1n) is 22.9. The fourth-order valence-electron chi connectivity index (χ4n) is 8.16. The molecule has 70 heavy (non-hydrogen) atoms. The SMILES string of the molecule is COc1ccnc(C(=O)C[C@@H](C)C(=O)O[C@@H](C)C(c2ccc(C)cc2)c2ccc(C)cc2)c1O.COc1ccnc2c(=O)n([C@@H](C)C(=O)O[C@@H](C)C(c3ccc(C)cc3)c3ccc(C)cc3)c(=O)oc12. The summed E-state index contributed by atoms with van der Waals surface area (Å²) in [5.41, 5.74) is 7.53. The van der Waals surface area contributed by atoms with Gasteiger partial charge < -0.3 is 28.5 Å². The number of aromatic nitrogens is 3. The molecule has 0 aliphatic carbocycles. The Morgan fingerprint density at radius 2 is 0.986 bits per heavy atom. The third-order valence-electron chi connectivity index (χ3n) is 12.2. The number of hydrogen-bond acceptors (Lipinski definition) is 13. The average Bonchev–Trinajstić information content (AvgIpc) is 3.34. The highest BCUT2D eigenvalue weighted by Gasteiger charge is 2.31. The number of methoxy groups -OCH3 is 2. The number of hydrogen-bond donors (Lipinski definition) is 1. The van der Waals surface area contributed by atoms with Crippen LogP contribution in [0.3, 0.4) is 0 Å². The molecular weight excluding hydrogens is 891 g/mol. The van der Waals surface area contributed by atoms with Crippen LogP contribution in [0.1, 0.15) is 107 Å². The minimum absolute atomic E-state index is 0.0704. The first kappa shape index (κ1) is 51.5. The number of carbonyl (C=O) groups is 3. The van der Waals surface area contributed by atoms with E-state index in [1.807, 2.05) is 132 Å². The Morgan fingerprint density at radius 1 is 0.586 bits per heavy atom. The molecule has 14 nitrogen and oxygen atoms in total. The lowest BCUT2D eigenvalue weighted by Gasteiger charge is -2.26. The highest BCUT2D eigenvalue weighted by atomic mass is 16.6. The minimum Gasteiger partial charge on any atom is -0.503 e. The van der Waals surface area contributed by atoms with E-state index in [4.69, 9.17) is 23.4 Å². The van der Waals surface area contributed by atoms with Gasteiger partial charge in [-0.2, -0.15) is 0 Å². The molecule has 0 amide bonds. The van der Waals surface area contributed by atoms with Crippen LogP contribution in [0.4, 0.5) is 0 Å². The van der Waals surface area contributed by atoms with Crippen molar-refractivity contribution in [1.82, 2.24) is 14.5 Å². The van der Waals surface area contributed by atoms with E-state index < -0.39 is 53.2 Å². The van der Waals surface area contributed by atoms with Gasteiger partial charge in [-0.05, 0) is 70.7 Å². The van der Waals surface area contributed by atoms with Gasteiger partial charge in [0.15, 0.2) is 34.2 Å². The number of benzene rings is 4. The molecule has 0 saturated heterocycles. The van der Waals surface area contributed by atoms with Crippen LogP contribution in [-0.2, 0) is 19.1 Å². The van der Waals surface area contributed by atoms with Crippen molar-refractivity contribution in [2.45, 2.75) is 91.9 Å². The Balaban J connectivity index is 0.000000230. The number of rotatable bonds is 16. The maximum absolute atomic E-state index is 13.2.